The van der Waals surface area contributed by atoms with E-state index in [0.29, 0.717) is 0 Å². The van der Waals surface area contributed by atoms with E-state index in [2.05, 4.69) is 0 Å². The minimum Gasteiger partial charge on any atom is -0.478 e. The summed E-state index contributed by atoms with van der Waals surface area (Å²) < 4.78 is 13.0. The second-order valence-electron chi connectivity index (χ2n) is 4.75. The van der Waals surface area contributed by atoms with Crippen LogP contribution < -0.4 is 4.90 Å². The number of hydrogen-bond donors (Lipinski definition) is 1. The first-order valence-corrected chi connectivity index (χ1v) is 6.48. The molecule has 0 radical (unpaired) electrons. The van der Waals surface area contributed by atoms with E-state index < -0.39 is 5.97 Å². The van der Waals surface area contributed by atoms with Crippen molar-refractivity contribution >= 4 is 23.4 Å². The third-order valence-electron chi connectivity index (χ3n) is 3.21. The van der Waals surface area contributed by atoms with Crippen molar-refractivity contribution in [2.75, 3.05) is 11.9 Å². The Labute approximate surface area is 123 Å². The van der Waals surface area contributed by atoms with Crippen LogP contribution in [0.4, 0.5) is 15.8 Å². The van der Waals surface area contributed by atoms with Gasteiger partial charge in [0, 0.05) is 24.5 Å². The summed E-state index contributed by atoms with van der Waals surface area (Å²) in [6, 6.07) is 12.0. The van der Waals surface area contributed by atoms with E-state index >= 15 is 0 Å². The number of halogens is 1. The molecule has 2 aromatic rings. The Balaban J connectivity index is 2.28. The van der Waals surface area contributed by atoms with Crippen LogP contribution in [0.15, 0.2) is 48.5 Å². The highest BCUT2D eigenvalue weighted by Gasteiger charge is 2.07. The smallest absolute Gasteiger partial charge is 0.328 e. The van der Waals surface area contributed by atoms with Gasteiger partial charge in [-0.3, -0.25) is 0 Å². The lowest BCUT2D eigenvalue weighted by atomic mass is 10.1. The molecule has 0 unspecified atom stereocenters. The highest BCUT2D eigenvalue weighted by atomic mass is 19.1. The first-order valence-electron chi connectivity index (χ1n) is 6.48. The van der Waals surface area contributed by atoms with Crippen molar-refractivity contribution in [3.63, 3.8) is 0 Å². The second kappa shape index (κ2) is 6.22. The molecule has 108 valence electrons. The van der Waals surface area contributed by atoms with Gasteiger partial charge in [-0.1, -0.05) is 6.07 Å². The van der Waals surface area contributed by atoms with E-state index in [1.807, 2.05) is 37.1 Å². The van der Waals surface area contributed by atoms with Crippen LogP contribution in [-0.2, 0) is 4.79 Å². The Morgan fingerprint density at radius 1 is 1.19 bits per heavy atom. The maximum Gasteiger partial charge on any atom is 0.328 e. The summed E-state index contributed by atoms with van der Waals surface area (Å²) in [6.07, 6.45) is 2.66. The van der Waals surface area contributed by atoms with E-state index in [0.717, 1.165) is 28.6 Å². The molecule has 0 aliphatic heterocycles. The molecule has 3 nitrogen and oxygen atoms in total. The predicted octanol–water partition coefficient (Wildman–Crippen LogP) is 4.00. The predicted molar refractivity (Wildman–Crippen MR) is 82.3 cm³/mol. The number of nitrogens with zero attached hydrogens (tertiary/aromatic N) is 1. The average Bonchev–Trinajstić information content (AvgIpc) is 2.45. The van der Waals surface area contributed by atoms with Crippen LogP contribution in [0.3, 0.4) is 0 Å². The number of carboxylic acid groups (broad SMARTS) is 1. The molecule has 0 saturated heterocycles. The molecular formula is C17H16FNO2. The van der Waals surface area contributed by atoms with Crippen LogP contribution in [0.5, 0.6) is 0 Å². The fraction of sp³-hybridized carbons (Fsp3) is 0.118. The molecule has 0 saturated carbocycles. The van der Waals surface area contributed by atoms with E-state index in [1.54, 1.807) is 18.2 Å². The molecule has 0 heterocycles. The van der Waals surface area contributed by atoms with Crippen LogP contribution in [0.2, 0.25) is 0 Å². The molecule has 0 bridgehead atoms. The maximum absolute atomic E-state index is 13.0. The van der Waals surface area contributed by atoms with Gasteiger partial charge in [-0.05, 0) is 60.5 Å². The Morgan fingerprint density at radius 3 is 2.43 bits per heavy atom. The molecule has 0 spiro atoms. The number of benzene rings is 2. The van der Waals surface area contributed by atoms with E-state index in [-0.39, 0.29) is 5.82 Å². The zero-order valence-corrected chi connectivity index (χ0v) is 11.9. The van der Waals surface area contributed by atoms with Crippen LogP contribution >= 0.6 is 0 Å². The molecule has 0 atom stereocenters. The Kier molecular flexibility index (Phi) is 4.38. The summed E-state index contributed by atoms with van der Waals surface area (Å²) >= 11 is 0. The normalized spacial score (nSPS) is 10.8. The van der Waals surface area contributed by atoms with Gasteiger partial charge in [0.05, 0.1) is 0 Å². The molecule has 2 aromatic carbocycles. The summed E-state index contributed by atoms with van der Waals surface area (Å²) in [7, 11) is 1.91. The van der Waals surface area contributed by atoms with Gasteiger partial charge in [0.15, 0.2) is 0 Å². The molecule has 2 rings (SSSR count). The lowest BCUT2D eigenvalue weighted by Crippen LogP contribution is -2.10. The Bertz CT molecular complexity index is 678. The van der Waals surface area contributed by atoms with Crippen molar-refractivity contribution in [1.82, 2.24) is 0 Å². The number of hydrogen-bond acceptors (Lipinski definition) is 2. The van der Waals surface area contributed by atoms with Crippen molar-refractivity contribution < 1.29 is 14.3 Å². The lowest BCUT2D eigenvalue weighted by Gasteiger charge is -2.22. The second-order valence-corrected chi connectivity index (χ2v) is 4.75. The van der Waals surface area contributed by atoms with E-state index in [4.69, 9.17) is 5.11 Å². The van der Waals surface area contributed by atoms with Gasteiger partial charge in [-0.15, -0.1) is 0 Å². The fourth-order valence-electron chi connectivity index (χ4n) is 2.13. The highest BCUT2D eigenvalue weighted by Crippen LogP contribution is 2.27. The number of aryl methyl sites for hydroxylation is 1. The molecule has 21 heavy (non-hydrogen) atoms. The van der Waals surface area contributed by atoms with Crippen LogP contribution in [-0.4, -0.2) is 18.1 Å². The molecule has 1 N–H and O–H groups in total. The zero-order valence-electron chi connectivity index (χ0n) is 11.9. The Hall–Kier alpha value is -2.62. The van der Waals surface area contributed by atoms with Gasteiger partial charge in [0.1, 0.15) is 5.82 Å². The first-order chi connectivity index (χ1) is 9.97. The number of carboxylic acids is 1. The quantitative estimate of drug-likeness (QED) is 0.863. The highest BCUT2D eigenvalue weighted by molar-refractivity contribution is 5.85. The summed E-state index contributed by atoms with van der Waals surface area (Å²) in [6.45, 7) is 1.95. The van der Waals surface area contributed by atoms with Crippen molar-refractivity contribution in [3.8, 4) is 0 Å². The number of anilines is 2. The monoisotopic (exact) mass is 285 g/mol. The van der Waals surface area contributed by atoms with Crippen LogP contribution in [0.25, 0.3) is 6.08 Å². The first kappa shape index (κ1) is 14.8. The fourth-order valence-corrected chi connectivity index (χ4v) is 2.13. The van der Waals surface area contributed by atoms with Gasteiger partial charge in [0.2, 0.25) is 0 Å². The largest absolute Gasteiger partial charge is 0.478 e. The summed E-state index contributed by atoms with van der Waals surface area (Å²) in [5.41, 5.74) is 3.70. The van der Waals surface area contributed by atoms with Crippen molar-refractivity contribution in [2.24, 2.45) is 0 Å². The minimum atomic E-state index is -0.972. The van der Waals surface area contributed by atoms with E-state index in [9.17, 15) is 9.18 Å². The molecule has 0 aliphatic carbocycles. The van der Waals surface area contributed by atoms with Crippen LogP contribution in [0.1, 0.15) is 11.1 Å². The minimum absolute atomic E-state index is 0.266. The third-order valence-corrected chi connectivity index (χ3v) is 3.21. The lowest BCUT2D eigenvalue weighted by molar-refractivity contribution is -0.131. The zero-order chi connectivity index (χ0) is 15.4. The van der Waals surface area contributed by atoms with Crippen molar-refractivity contribution in [1.29, 1.82) is 0 Å². The molecule has 0 aliphatic rings. The number of carbonyl (C=O) groups is 1. The molecule has 4 heteroatoms. The maximum atomic E-state index is 13.0. The van der Waals surface area contributed by atoms with Gasteiger partial charge in [-0.2, -0.15) is 0 Å². The van der Waals surface area contributed by atoms with Crippen LogP contribution in [0, 0.1) is 12.7 Å². The van der Waals surface area contributed by atoms with Gasteiger partial charge < -0.3 is 10.0 Å². The molecule has 0 fully saturated rings. The van der Waals surface area contributed by atoms with E-state index in [1.165, 1.54) is 12.1 Å². The summed E-state index contributed by atoms with van der Waals surface area (Å²) in [5, 5.41) is 8.63. The number of rotatable bonds is 4. The van der Waals surface area contributed by atoms with Gasteiger partial charge in [-0.25, -0.2) is 9.18 Å². The van der Waals surface area contributed by atoms with Gasteiger partial charge >= 0.3 is 5.97 Å². The Morgan fingerprint density at radius 2 is 1.86 bits per heavy atom. The average molecular weight is 285 g/mol. The SMILES string of the molecule is Cc1cc(C=CC(=O)O)ccc1N(C)c1ccc(F)cc1. The molecule has 0 aromatic heterocycles. The summed E-state index contributed by atoms with van der Waals surface area (Å²) in [4.78, 5) is 12.5. The summed E-state index contributed by atoms with van der Waals surface area (Å²) in [5.74, 6) is -1.24. The topological polar surface area (TPSA) is 40.5 Å². The van der Waals surface area contributed by atoms with Crippen molar-refractivity contribution in [2.45, 2.75) is 6.92 Å². The standard InChI is InChI=1S/C17H16FNO2/c1-12-11-13(4-10-17(20)21)3-9-16(12)19(2)15-7-5-14(18)6-8-15/h3-11H,1-2H3,(H,20,21). The number of aliphatic carboxylic acids is 1. The van der Waals surface area contributed by atoms with Gasteiger partial charge in [0.25, 0.3) is 0 Å². The van der Waals surface area contributed by atoms with Crippen molar-refractivity contribution in [3.05, 3.63) is 65.5 Å². The molecule has 0 amide bonds. The third kappa shape index (κ3) is 3.69. The molecular weight excluding hydrogens is 269 g/mol.